The highest BCUT2D eigenvalue weighted by atomic mass is 35.7. The summed E-state index contributed by atoms with van der Waals surface area (Å²) in [6, 6.07) is 27.1. The topological polar surface area (TPSA) is 134 Å². The number of halogens is 1. The third kappa shape index (κ3) is 7.77. The lowest BCUT2D eigenvalue weighted by atomic mass is 9.80. The second-order valence-electron chi connectivity index (χ2n) is 10.8. The first kappa shape index (κ1) is 34.3. The van der Waals surface area contributed by atoms with Crippen molar-refractivity contribution in [1.29, 1.82) is 5.26 Å². The van der Waals surface area contributed by atoms with E-state index >= 15 is 0 Å². The second-order valence-corrected chi connectivity index (χ2v) is 12.5. The van der Waals surface area contributed by atoms with Crippen LogP contribution in [0.15, 0.2) is 94.6 Å². The number of rotatable bonds is 14. The Morgan fingerprint density at radius 2 is 1.57 bits per heavy atom. The van der Waals surface area contributed by atoms with Crippen molar-refractivity contribution >= 4 is 19.0 Å². The summed E-state index contributed by atoms with van der Waals surface area (Å²) in [5, 5.41) is 8.91. The molecule has 3 aromatic carbocycles. The van der Waals surface area contributed by atoms with Gasteiger partial charge in [-0.3, -0.25) is 14.3 Å². The smallest absolute Gasteiger partial charge is 0.330 e. The minimum atomic E-state index is -1.91. The molecule has 1 saturated heterocycles. The monoisotopic (exact) mass is 679 g/mol. The van der Waals surface area contributed by atoms with Crippen molar-refractivity contribution in [2.24, 2.45) is 0 Å². The van der Waals surface area contributed by atoms with Crippen LogP contribution in [0.4, 0.5) is 0 Å². The lowest BCUT2D eigenvalue weighted by Crippen LogP contribution is -2.38. The Balaban J connectivity index is 1.55. The van der Waals surface area contributed by atoms with Gasteiger partial charge in [0.15, 0.2) is 0 Å². The van der Waals surface area contributed by atoms with Crippen LogP contribution < -0.4 is 20.7 Å². The summed E-state index contributed by atoms with van der Waals surface area (Å²) in [5.74, 6) is 1.38. The van der Waals surface area contributed by atoms with E-state index < -0.39 is 43.0 Å². The standard InChI is InChI=1S/C34H35ClN3O8P/c1-23-21-38(33(40)37-32(23)39)31-20-29(46-47(35)44-19-7-18-36)30(45-31)22-43-34(24-8-5-4-6-9-24,25-10-14-27(41-2)15-11-25)26-12-16-28(42-3)17-13-26/h4-6,8-17,21,29-31H,7,19-20,22H2,1-3H3,(H,37,39,40)/t29-,30+,31+,47?/m0/s1. The van der Waals surface area contributed by atoms with E-state index in [1.165, 1.54) is 10.8 Å². The Hall–Kier alpha value is -4.01. The number of nitrogens with zero attached hydrogens (tertiary/aromatic N) is 2. The summed E-state index contributed by atoms with van der Waals surface area (Å²) in [6.45, 7) is 1.72. The van der Waals surface area contributed by atoms with Crippen LogP contribution in [0.3, 0.4) is 0 Å². The lowest BCUT2D eigenvalue weighted by molar-refractivity contribution is -0.0914. The van der Waals surface area contributed by atoms with Gasteiger partial charge in [-0.15, -0.1) is 0 Å². The normalized spacial score (nSPS) is 18.4. The molecule has 1 aromatic heterocycles. The van der Waals surface area contributed by atoms with Gasteiger partial charge in [0.2, 0.25) is 0 Å². The molecule has 0 radical (unpaired) electrons. The van der Waals surface area contributed by atoms with E-state index in [1.807, 2.05) is 84.9 Å². The fourth-order valence-corrected chi connectivity index (χ4v) is 6.76. The summed E-state index contributed by atoms with van der Waals surface area (Å²) >= 11 is 6.44. The fraction of sp³-hybridized carbons (Fsp3) is 0.324. The molecular weight excluding hydrogens is 645 g/mol. The Kier molecular flexibility index (Phi) is 11.5. The summed E-state index contributed by atoms with van der Waals surface area (Å²) in [6.07, 6.45) is -0.338. The van der Waals surface area contributed by atoms with Crippen LogP contribution in [0, 0.1) is 18.3 Å². The molecule has 4 atom stereocenters. The number of benzene rings is 3. The number of aromatic nitrogens is 2. The molecule has 0 saturated carbocycles. The summed E-state index contributed by atoms with van der Waals surface area (Å²) in [4.78, 5) is 27.2. The molecule has 11 nitrogen and oxygen atoms in total. The van der Waals surface area contributed by atoms with Gasteiger partial charge in [0.1, 0.15) is 29.4 Å². The van der Waals surface area contributed by atoms with Gasteiger partial charge in [-0.05, 0) is 59.1 Å². The maximum atomic E-state index is 12.8. The third-order valence-corrected chi connectivity index (χ3v) is 9.25. The molecule has 0 bridgehead atoms. The van der Waals surface area contributed by atoms with Crippen molar-refractivity contribution in [3.63, 3.8) is 0 Å². The Labute approximate surface area is 278 Å². The van der Waals surface area contributed by atoms with Gasteiger partial charge in [-0.2, -0.15) is 5.26 Å². The van der Waals surface area contributed by atoms with Crippen LogP contribution in [0.2, 0.25) is 0 Å². The molecule has 1 N–H and O–H groups in total. The molecule has 1 fully saturated rings. The molecule has 2 heterocycles. The molecular formula is C34H35ClN3O8P. The van der Waals surface area contributed by atoms with Crippen LogP contribution >= 0.6 is 19.0 Å². The van der Waals surface area contributed by atoms with E-state index in [4.69, 9.17) is 44.5 Å². The van der Waals surface area contributed by atoms with Crippen molar-refractivity contribution in [2.45, 2.75) is 43.8 Å². The minimum absolute atomic E-state index is 0.00344. The maximum Gasteiger partial charge on any atom is 0.330 e. The molecule has 0 aliphatic carbocycles. The number of methoxy groups -OCH3 is 2. The van der Waals surface area contributed by atoms with Crippen molar-refractivity contribution < 1.29 is 28.0 Å². The van der Waals surface area contributed by atoms with Gasteiger partial charge in [-0.25, -0.2) is 4.79 Å². The summed E-state index contributed by atoms with van der Waals surface area (Å²) in [5.41, 5.74) is 0.646. The average molecular weight is 680 g/mol. The largest absolute Gasteiger partial charge is 0.497 e. The Bertz CT molecular complexity index is 1730. The van der Waals surface area contributed by atoms with Crippen molar-refractivity contribution in [1.82, 2.24) is 9.55 Å². The van der Waals surface area contributed by atoms with Gasteiger partial charge in [0, 0.05) is 18.2 Å². The maximum absolute atomic E-state index is 12.8. The van der Waals surface area contributed by atoms with E-state index in [0.717, 1.165) is 16.7 Å². The number of aromatic amines is 1. The molecule has 5 rings (SSSR count). The number of aryl methyl sites for hydroxylation is 1. The molecule has 1 unspecified atom stereocenters. The lowest BCUT2D eigenvalue weighted by Gasteiger charge is -2.37. The number of nitriles is 1. The van der Waals surface area contributed by atoms with Gasteiger partial charge < -0.3 is 28.0 Å². The van der Waals surface area contributed by atoms with Crippen LogP contribution in [0.5, 0.6) is 11.5 Å². The molecule has 4 aromatic rings. The molecule has 246 valence electrons. The molecule has 0 spiro atoms. The highest BCUT2D eigenvalue weighted by Gasteiger charge is 2.44. The second kappa shape index (κ2) is 15.7. The number of nitrogens with one attached hydrogen (secondary N) is 1. The van der Waals surface area contributed by atoms with Crippen LogP contribution in [0.1, 0.15) is 41.3 Å². The Morgan fingerprint density at radius 3 is 2.15 bits per heavy atom. The zero-order valence-corrected chi connectivity index (χ0v) is 27.8. The van der Waals surface area contributed by atoms with E-state index in [1.54, 1.807) is 21.1 Å². The molecule has 1 aliphatic rings. The van der Waals surface area contributed by atoms with Crippen molar-refractivity contribution in [3.8, 4) is 17.6 Å². The van der Waals surface area contributed by atoms with E-state index in [2.05, 4.69) is 4.98 Å². The van der Waals surface area contributed by atoms with E-state index in [-0.39, 0.29) is 26.1 Å². The molecule has 47 heavy (non-hydrogen) atoms. The zero-order chi connectivity index (χ0) is 33.4. The first-order chi connectivity index (χ1) is 22.8. The Morgan fingerprint density at radius 1 is 0.979 bits per heavy atom. The summed E-state index contributed by atoms with van der Waals surface area (Å²) in [7, 11) is 1.31. The number of H-pyrrole nitrogens is 1. The first-order valence-electron chi connectivity index (χ1n) is 14.9. The molecule has 13 heteroatoms. The van der Waals surface area contributed by atoms with Crippen molar-refractivity contribution in [2.75, 3.05) is 27.4 Å². The van der Waals surface area contributed by atoms with Gasteiger partial charge in [-0.1, -0.05) is 54.6 Å². The fourth-order valence-electron chi connectivity index (χ4n) is 5.51. The summed E-state index contributed by atoms with van der Waals surface area (Å²) < 4.78 is 37.4. The van der Waals surface area contributed by atoms with E-state index in [9.17, 15) is 9.59 Å². The number of hydrogen-bond donors (Lipinski definition) is 1. The highest BCUT2D eigenvalue weighted by molar-refractivity contribution is 7.76. The average Bonchev–Trinajstić information content (AvgIpc) is 3.49. The van der Waals surface area contributed by atoms with E-state index in [0.29, 0.717) is 17.1 Å². The SMILES string of the molecule is COc1ccc(C(OC[C@H]2O[C@@H](n3cc(C)c(=O)[nH]c3=O)C[C@@H]2OP(Cl)OCCC#N)(c2ccccc2)c2ccc(OC)cc2)cc1. The minimum Gasteiger partial charge on any atom is -0.497 e. The first-order valence-corrected chi connectivity index (χ1v) is 17.0. The number of hydrogen-bond acceptors (Lipinski definition) is 9. The zero-order valence-electron chi connectivity index (χ0n) is 26.1. The highest BCUT2D eigenvalue weighted by Crippen LogP contribution is 2.49. The van der Waals surface area contributed by atoms with Crippen LogP contribution in [-0.2, 0) is 24.1 Å². The predicted octanol–water partition coefficient (Wildman–Crippen LogP) is 5.94. The van der Waals surface area contributed by atoms with Gasteiger partial charge >= 0.3 is 5.69 Å². The molecule has 1 aliphatic heterocycles. The predicted molar refractivity (Wildman–Crippen MR) is 177 cm³/mol. The third-order valence-electron chi connectivity index (χ3n) is 7.90. The van der Waals surface area contributed by atoms with Gasteiger partial charge in [0.25, 0.3) is 13.3 Å². The van der Waals surface area contributed by atoms with Crippen LogP contribution in [-0.4, -0.2) is 49.2 Å². The van der Waals surface area contributed by atoms with Crippen LogP contribution in [0.25, 0.3) is 0 Å². The van der Waals surface area contributed by atoms with Gasteiger partial charge in [0.05, 0.1) is 46.0 Å². The quantitative estimate of drug-likeness (QED) is 0.0976. The van der Waals surface area contributed by atoms with Crippen molar-refractivity contribution in [3.05, 3.63) is 128 Å². The number of ether oxygens (including phenoxy) is 4. The molecule has 0 amide bonds.